The van der Waals surface area contributed by atoms with Crippen molar-refractivity contribution in [3.05, 3.63) is 45.4 Å². The number of thiazole rings is 1. The highest BCUT2D eigenvalue weighted by Gasteiger charge is 2.09. The second-order valence-electron chi connectivity index (χ2n) is 5.68. The van der Waals surface area contributed by atoms with Crippen LogP contribution in [-0.4, -0.2) is 40.5 Å². The van der Waals surface area contributed by atoms with E-state index in [0.717, 1.165) is 21.8 Å². The molecule has 1 aromatic heterocycles. The quantitative estimate of drug-likeness (QED) is 0.490. The minimum atomic E-state index is -0.856. The molecule has 1 aromatic carbocycles. The van der Waals surface area contributed by atoms with Gasteiger partial charge in [-0.25, -0.2) is 10.4 Å². The number of nitrogens with zero attached hydrogens (tertiary/aromatic N) is 2. The number of carboxylic acid groups (broad SMARTS) is 1. The molecule has 2 aromatic rings. The lowest BCUT2D eigenvalue weighted by Gasteiger charge is -2.10. The van der Waals surface area contributed by atoms with E-state index in [9.17, 15) is 9.59 Å². The fraction of sp³-hybridized carbons (Fsp3) is 0.333. The van der Waals surface area contributed by atoms with Crippen molar-refractivity contribution in [1.29, 1.82) is 0 Å². The average molecular weight is 408 g/mol. The molecule has 7 nitrogen and oxygen atoms in total. The summed E-state index contributed by atoms with van der Waals surface area (Å²) >= 11 is 2.79. The average Bonchev–Trinajstić information content (AvgIpc) is 3.04. The van der Waals surface area contributed by atoms with E-state index in [-0.39, 0.29) is 18.1 Å². The van der Waals surface area contributed by atoms with Gasteiger partial charge in [-0.05, 0) is 37.6 Å². The summed E-state index contributed by atoms with van der Waals surface area (Å²) in [5.74, 6) is 0.127. The van der Waals surface area contributed by atoms with Crippen LogP contribution in [0.1, 0.15) is 28.8 Å². The van der Waals surface area contributed by atoms with E-state index >= 15 is 0 Å². The predicted molar refractivity (Wildman–Crippen MR) is 108 cm³/mol. The number of carboxylic acids is 1. The normalized spacial score (nSPS) is 11.3. The zero-order valence-electron chi connectivity index (χ0n) is 15.3. The molecule has 0 radical (unpaired) electrons. The van der Waals surface area contributed by atoms with Gasteiger partial charge in [0.15, 0.2) is 0 Å². The van der Waals surface area contributed by atoms with Gasteiger partial charge < -0.3 is 9.84 Å². The second-order valence-corrected chi connectivity index (χ2v) is 7.73. The van der Waals surface area contributed by atoms with Gasteiger partial charge in [0.05, 0.1) is 35.7 Å². The van der Waals surface area contributed by atoms with Crippen molar-refractivity contribution in [1.82, 2.24) is 10.4 Å². The topological polar surface area (TPSA) is 101 Å². The van der Waals surface area contributed by atoms with Crippen molar-refractivity contribution in [2.45, 2.75) is 26.0 Å². The number of benzene rings is 1. The molecule has 0 aliphatic carbocycles. The molecule has 0 saturated carbocycles. The van der Waals surface area contributed by atoms with E-state index in [2.05, 4.69) is 15.5 Å². The number of aromatic nitrogens is 1. The highest BCUT2D eigenvalue weighted by molar-refractivity contribution is 7.99. The number of hydrogen-bond acceptors (Lipinski definition) is 7. The monoisotopic (exact) mass is 407 g/mol. The number of ether oxygens (including phenoxy) is 1. The second kappa shape index (κ2) is 10.1. The Balaban J connectivity index is 2.03. The Kier molecular flexibility index (Phi) is 7.81. The lowest BCUT2D eigenvalue weighted by Crippen LogP contribution is -2.21. The first-order chi connectivity index (χ1) is 12.9. The highest BCUT2D eigenvalue weighted by Crippen LogP contribution is 2.25. The van der Waals surface area contributed by atoms with Gasteiger partial charge in [0.2, 0.25) is 5.91 Å². The van der Waals surface area contributed by atoms with Crippen molar-refractivity contribution in [2.75, 3.05) is 12.9 Å². The van der Waals surface area contributed by atoms with Crippen LogP contribution >= 0.6 is 23.1 Å². The first-order valence-corrected chi connectivity index (χ1v) is 10.1. The number of carbonyl (C=O) groups excluding carboxylic acids is 1. The molecule has 2 rings (SSSR count). The Bertz CT molecular complexity index is 849. The van der Waals surface area contributed by atoms with Crippen molar-refractivity contribution >= 4 is 40.7 Å². The highest BCUT2D eigenvalue weighted by atomic mass is 32.2. The first-order valence-electron chi connectivity index (χ1n) is 8.10. The third kappa shape index (κ3) is 6.69. The molecule has 0 fully saturated rings. The Morgan fingerprint density at radius 1 is 1.41 bits per heavy atom. The molecule has 0 aliphatic heterocycles. The fourth-order valence-electron chi connectivity index (χ4n) is 2.27. The number of nitrogens with one attached hydrogen (secondary N) is 1. The third-order valence-corrected chi connectivity index (χ3v) is 5.33. The summed E-state index contributed by atoms with van der Waals surface area (Å²) in [6.07, 6.45) is 0.181. The zero-order chi connectivity index (χ0) is 19.8. The van der Waals surface area contributed by atoms with Gasteiger partial charge in [-0.15, -0.1) is 23.1 Å². The van der Waals surface area contributed by atoms with E-state index in [1.54, 1.807) is 14.0 Å². The number of hydrogen-bond donors (Lipinski definition) is 2. The maximum absolute atomic E-state index is 12.0. The summed E-state index contributed by atoms with van der Waals surface area (Å²) in [5.41, 5.74) is 5.62. The molecule has 27 heavy (non-hydrogen) atoms. The smallest absolute Gasteiger partial charge is 0.313 e. The molecule has 2 N–H and O–H groups in total. The van der Waals surface area contributed by atoms with Crippen LogP contribution < -0.4 is 10.2 Å². The van der Waals surface area contributed by atoms with E-state index in [1.165, 1.54) is 23.1 Å². The summed E-state index contributed by atoms with van der Waals surface area (Å²) in [7, 11) is 1.57. The Morgan fingerprint density at radius 3 is 2.81 bits per heavy atom. The number of methoxy groups -OCH3 is 1. The third-order valence-electron chi connectivity index (χ3n) is 3.54. The van der Waals surface area contributed by atoms with E-state index in [0.29, 0.717) is 17.2 Å². The summed E-state index contributed by atoms with van der Waals surface area (Å²) in [6.45, 7) is 3.69. The lowest BCUT2D eigenvalue weighted by atomic mass is 10.1. The van der Waals surface area contributed by atoms with Crippen molar-refractivity contribution < 1.29 is 19.4 Å². The summed E-state index contributed by atoms with van der Waals surface area (Å²) in [6, 6.07) is 5.55. The van der Waals surface area contributed by atoms with Gasteiger partial charge in [-0.3, -0.25) is 9.59 Å². The molecule has 0 bridgehead atoms. The molecule has 9 heteroatoms. The fourth-order valence-corrected chi connectivity index (χ4v) is 3.60. The number of aryl methyl sites for hydroxylation is 1. The van der Waals surface area contributed by atoms with Gasteiger partial charge >= 0.3 is 5.97 Å². The van der Waals surface area contributed by atoms with E-state index in [4.69, 9.17) is 9.84 Å². The summed E-state index contributed by atoms with van der Waals surface area (Å²) in [4.78, 5) is 26.9. The molecule has 1 heterocycles. The van der Waals surface area contributed by atoms with Crippen LogP contribution in [0.5, 0.6) is 5.75 Å². The molecule has 144 valence electrons. The molecule has 0 spiro atoms. The zero-order valence-corrected chi connectivity index (χ0v) is 16.9. The maximum Gasteiger partial charge on any atom is 0.313 e. The van der Waals surface area contributed by atoms with Crippen LogP contribution in [0.25, 0.3) is 0 Å². The molecular weight excluding hydrogens is 386 g/mol. The standard InChI is InChI=1S/C18H21N3O4S2/c1-11(20-21-17(22)7-15-9-27-12(2)19-15)13-4-5-16(25-3)14(6-13)8-26-10-18(23)24/h4-6,9H,7-8,10H2,1-3H3,(H,21,22)(H,23,24)/b20-11-. The van der Waals surface area contributed by atoms with Crippen LogP contribution in [0.2, 0.25) is 0 Å². The SMILES string of the molecule is COc1ccc(/C(C)=N\NC(=O)Cc2csc(C)n2)cc1CSCC(=O)O. The van der Waals surface area contributed by atoms with Crippen LogP contribution in [0, 0.1) is 6.92 Å². The van der Waals surface area contributed by atoms with Crippen LogP contribution in [0.4, 0.5) is 0 Å². The molecule has 1 amide bonds. The van der Waals surface area contributed by atoms with Gasteiger partial charge in [0, 0.05) is 16.7 Å². The van der Waals surface area contributed by atoms with Crippen LogP contribution in [-0.2, 0) is 21.8 Å². The van der Waals surface area contributed by atoms with E-state index in [1.807, 2.05) is 30.5 Å². The molecule has 0 aliphatic rings. The molecular formula is C18H21N3O4S2. The minimum Gasteiger partial charge on any atom is -0.496 e. The number of thioether (sulfide) groups is 1. The van der Waals surface area contributed by atoms with Crippen LogP contribution in [0.3, 0.4) is 0 Å². The largest absolute Gasteiger partial charge is 0.496 e. The number of hydrazone groups is 1. The number of carbonyl (C=O) groups is 2. The lowest BCUT2D eigenvalue weighted by molar-refractivity contribution is -0.134. The van der Waals surface area contributed by atoms with Gasteiger partial charge in [0.1, 0.15) is 5.75 Å². The number of aliphatic carboxylic acids is 1. The Labute approximate surface area is 165 Å². The summed E-state index contributed by atoms with van der Waals surface area (Å²) in [5, 5.41) is 15.7. The number of amides is 1. The van der Waals surface area contributed by atoms with Crippen LogP contribution in [0.15, 0.2) is 28.7 Å². The maximum atomic E-state index is 12.0. The summed E-state index contributed by atoms with van der Waals surface area (Å²) < 4.78 is 5.33. The van der Waals surface area contributed by atoms with Crippen molar-refractivity contribution in [2.24, 2.45) is 5.10 Å². The first kappa shape index (κ1) is 20.9. The molecule has 0 atom stereocenters. The Hall–Kier alpha value is -2.39. The molecule has 0 saturated heterocycles. The predicted octanol–water partition coefficient (Wildman–Crippen LogP) is 2.86. The Morgan fingerprint density at radius 2 is 2.19 bits per heavy atom. The van der Waals surface area contributed by atoms with Gasteiger partial charge in [-0.2, -0.15) is 5.10 Å². The number of rotatable bonds is 9. The van der Waals surface area contributed by atoms with Crippen molar-refractivity contribution in [3.8, 4) is 5.75 Å². The van der Waals surface area contributed by atoms with E-state index < -0.39 is 5.97 Å². The van der Waals surface area contributed by atoms with Crippen molar-refractivity contribution in [3.63, 3.8) is 0 Å². The molecule has 0 unspecified atom stereocenters. The minimum absolute atomic E-state index is 0.0204. The van der Waals surface area contributed by atoms with Gasteiger partial charge in [0.25, 0.3) is 0 Å². The van der Waals surface area contributed by atoms with Gasteiger partial charge in [-0.1, -0.05) is 0 Å².